The highest BCUT2D eigenvalue weighted by Gasteiger charge is 2.20. The monoisotopic (exact) mass is 262 g/mol. The molecular formula is C14H22N4O. The van der Waals surface area contributed by atoms with Gasteiger partial charge in [-0.15, -0.1) is 6.58 Å². The van der Waals surface area contributed by atoms with Crippen LogP contribution in [0.25, 0.3) is 0 Å². The molecule has 1 aliphatic carbocycles. The highest BCUT2D eigenvalue weighted by molar-refractivity contribution is 5.36. The normalized spacial score (nSPS) is 14.4. The van der Waals surface area contributed by atoms with Gasteiger partial charge < -0.3 is 15.0 Å². The Morgan fingerprint density at radius 3 is 2.89 bits per heavy atom. The molecule has 1 N–H and O–H groups in total. The van der Waals surface area contributed by atoms with Crippen LogP contribution in [0.5, 0.6) is 0 Å². The highest BCUT2D eigenvalue weighted by atomic mass is 16.5. The van der Waals surface area contributed by atoms with Crippen LogP contribution in [-0.2, 0) is 11.3 Å². The molecule has 0 spiro atoms. The lowest BCUT2D eigenvalue weighted by Gasteiger charge is -2.21. The van der Waals surface area contributed by atoms with Gasteiger partial charge in [0.25, 0.3) is 0 Å². The maximum Gasteiger partial charge on any atom is 0.147 e. The van der Waals surface area contributed by atoms with E-state index in [1.807, 2.05) is 18.5 Å². The number of nitrogens with one attached hydrogen (secondary N) is 1. The minimum Gasteiger partial charge on any atom is -0.383 e. The van der Waals surface area contributed by atoms with E-state index >= 15 is 0 Å². The fourth-order valence-corrected chi connectivity index (χ4v) is 1.80. The Kier molecular flexibility index (Phi) is 5.30. The van der Waals surface area contributed by atoms with E-state index in [9.17, 15) is 0 Å². The van der Waals surface area contributed by atoms with Crippen LogP contribution in [0.3, 0.4) is 0 Å². The van der Waals surface area contributed by atoms with Crippen LogP contribution in [-0.4, -0.2) is 42.8 Å². The molecule has 1 heterocycles. The average Bonchev–Trinajstić information content (AvgIpc) is 3.26. The van der Waals surface area contributed by atoms with Crippen molar-refractivity contribution >= 4 is 5.82 Å². The van der Waals surface area contributed by atoms with Gasteiger partial charge in [0.05, 0.1) is 24.7 Å². The maximum absolute atomic E-state index is 5.10. The summed E-state index contributed by atoms with van der Waals surface area (Å²) < 4.78 is 5.10. The lowest BCUT2D eigenvalue weighted by atomic mass is 10.4. The number of hydrogen-bond donors (Lipinski definition) is 1. The fraction of sp³-hybridized carbons (Fsp3) is 0.571. The van der Waals surface area contributed by atoms with Crippen LogP contribution in [0.2, 0.25) is 0 Å². The number of methoxy groups -OCH3 is 1. The molecule has 1 saturated carbocycles. The molecule has 0 radical (unpaired) electrons. The minimum absolute atomic E-state index is 0.667. The first kappa shape index (κ1) is 14.0. The third-order valence-corrected chi connectivity index (χ3v) is 3.08. The van der Waals surface area contributed by atoms with Crippen LogP contribution in [0.4, 0.5) is 5.82 Å². The van der Waals surface area contributed by atoms with E-state index in [-0.39, 0.29) is 0 Å². The van der Waals surface area contributed by atoms with Gasteiger partial charge in [-0.25, -0.2) is 4.98 Å². The predicted octanol–water partition coefficient (Wildman–Crippen LogP) is 1.37. The zero-order valence-corrected chi connectivity index (χ0v) is 11.5. The second-order valence-corrected chi connectivity index (χ2v) is 4.75. The number of aromatic nitrogens is 2. The Morgan fingerprint density at radius 1 is 1.47 bits per heavy atom. The SMILES string of the molecule is C=CCN(CCOC)c1cnc(CNC2CC2)cn1. The summed E-state index contributed by atoms with van der Waals surface area (Å²) in [5.41, 5.74) is 0.987. The molecule has 0 saturated heterocycles. The Bertz CT molecular complexity index is 389. The molecule has 0 unspecified atom stereocenters. The Hall–Kier alpha value is -1.46. The van der Waals surface area contributed by atoms with Crippen LogP contribution in [0.1, 0.15) is 18.5 Å². The van der Waals surface area contributed by atoms with E-state index in [4.69, 9.17) is 4.74 Å². The van der Waals surface area contributed by atoms with Crippen molar-refractivity contribution in [1.82, 2.24) is 15.3 Å². The molecule has 1 fully saturated rings. The molecule has 19 heavy (non-hydrogen) atoms. The van der Waals surface area contributed by atoms with Crippen LogP contribution >= 0.6 is 0 Å². The topological polar surface area (TPSA) is 50.3 Å². The molecular weight excluding hydrogens is 240 g/mol. The fourth-order valence-electron chi connectivity index (χ4n) is 1.80. The van der Waals surface area contributed by atoms with Crippen molar-refractivity contribution in [2.24, 2.45) is 0 Å². The smallest absolute Gasteiger partial charge is 0.147 e. The summed E-state index contributed by atoms with van der Waals surface area (Å²) in [6.45, 7) is 6.77. The minimum atomic E-state index is 0.667. The van der Waals surface area contributed by atoms with E-state index in [2.05, 4.69) is 26.8 Å². The van der Waals surface area contributed by atoms with Gasteiger partial charge in [0.2, 0.25) is 0 Å². The molecule has 104 valence electrons. The first-order valence-electron chi connectivity index (χ1n) is 6.72. The summed E-state index contributed by atoms with van der Waals surface area (Å²) in [6, 6.07) is 0.695. The van der Waals surface area contributed by atoms with E-state index in [0.29, 0.717) is 12.6 Å². The first-order chi connectivity index (χ1) is 9.33. The van der Waals surface area contributed by atoms with Gasteiger partial charge in [-0.3, -0.25) is 4.98 Å². The van der Waals surface area contributed by atoms with Crippen LogP contribution in [0, 0.1) is 0 Å². The lowest BCUT2D eigenvalue weighted by Crippen LogP contribution is -2.28. The van der Waals surface area contributed by atoms with E-state index in [1.165, 1.54) is 12.8 Å². The molecule has 1 aromatic rings. The molecule has 0 aliphatic heterocycles. The van der Waals surface area contributed by atoms with Crippen molar-refractivity contribution in [3.63, 3.8) is 0 Å². The quantitative estimate of drug-likeness (QED) is 0.681. The Labute approximate surface area is 114 Å². The molecule has 1 aromatic heterocycles. The Balaban J connectivity index is 1.90. The number of ether oxygens (including phenoxy) is 1. The molecule has 0 atom stereocenters. The molecule has 0 amide bonds. The van der Waals surface area contributed by atoms with E-state index in [0.717, 1.165) is 31.1 Å². The molecule has 1 aliphatic rings. The van der Waals surface area contributed by atoms with Gasteiger partial charge in [0.15, 0.2) is 0 Å². The van der Waals surface area contributed by atoms with Crippen molar-refractivity contribution in [2.75, 3.05) is 31.7 Å². The first-order valence-corrected chi connectivity index (χ1v) is 6.72. The van der Waals surface area contributed by atoms with Crippen molar-refractivity contribution in [1.29, 1.82) is 0 Å². The summed E-state index contributed by atoms with van der Waals surface area (Å²) in [5, 5.41) is 3.43. The number of anilines is 1. The molecule has 5 nitrogen and oxygen atoms in total. The van der Waals surface area contributed by atoms with E-state index in [1.54, 1.807) is 7.11 Å². The zero-order valence-electron chi connectivity index (χ0n) is 11.5. The average molecular weight is 262 g/mol. The van der Waals surface area contributed by atoms with Crippen LogP contribution in [0.15, 0.2) is 25.0 Å². The summed E-state index contributed by atoms with van der Waals surface area (Å²) in [7, 11) is 1.70. The van der Waals surface area contributed by atoms with Gasteiger partial charge in [-0.05, 0) is 12.8 Å². The molecule has 5 heteroatoms. The summed E-state index contributed by atoms with van der Waals surface area (Å²) in [5.74, 6) is 0.868. The Morgan fingerprint density at radius 2 is 2.32 bits per heavy atom. The summed E-state index contributed by atoms with van der Waals surface area (Å²) >= 11 is 0. The lowest BCUT2D eigenvalue weighted by molar-refractivity contribution is 0.205. The van der Waals surface area contributed by atoms with Gasteiger partial charge in [0, 0.05) is 32.8 Å². The third-order valence-electron chi connectivity index (χ3n) is 3.08. The van der Waals surface area contributed by atoms with Gasteiger partial charge in [-0.1, -0.05) is 6.08 Å². The standard InChI is InChI=1S/C14H22N4O/c1-3-6-18(7-8-19-2)14-11-16-13(10-17-14)9-15-12-4-5-12/h3,10-12,15H,1,4-9H2,2H3. The summed E-state index contributed by atoms with van der Waals surface area (Å²) in [4.78, 5) is 11.0. The van der Waals surface area contributed by atoms with Gasteiger partial charge in [0.1, 0.15) is 5.82 Å². The van der Waals surface area contributed by atoms with Crippen LogP contribution < -0.4 is 10.2 Å². The highest BCUT2D eigenvalue weighted by Crippen LogP contribution is 2.19. The maximum atomic E-state index is 5.10. The molecule has 0 bridgehead atoms. The van der Waals surface area contributed by atoms with Gasteiger partial charge >= 0.3 is 0 Å². The molecule has 2 rings (SSSR count). The predicted molar refractivity (Wildman–Crippen MR) is 76.2 cm³/mol. The number of nitrogens with zero attached hydrogens (tertiary/aromatic N) is 3. The number of rotatable bonds is 9. The molecule has 0 aromatic carbocycles. The van der Waals surface area contributed by atoms with Crippen molar-refractivity contribution in [2.45, 2.75) is 25.4 Å². The van der Waals surface area contributed by atoms with Crippen molar-refractivity contribution in [3.05, 3.63) is 30.7 Å². The van der Waals surface area contributed by atoms with Crippen molar-refractivity contribution in [3.8, 4) is 0 Å². The second-order valence-electron chi connectivity index (χ2n) is 4.75. The van der Waals surface area contributed by atoms with E-state index < -0.39 is 0 Å². The third kappa shape index (κ3) is 4.61. The summed E-state index contributed by atoms with van der Waals surface area (Å²) in [6.07, 6.45) is 8.10. The zero-order chi connectivity index (χ0) is 13.5. The van der Waals surface area contributed by atoms with Gasteiger partial charge in [-0.2, -0.15) is 0 Å². The largest absolute Gasteiger partial charge is 0.383 e. The second kappa shape index (κ2) is 7.21. The number of hydrogen-bond acceptors (Lipinski definition) is 5. The van der Waals surface area contributed by atoms with Crippen molar-refractivity contribution < 1.29 is 4.74 Å².